The molecule has 0 atom stereocenters. The van der Waals surface area contributed by atoms with Crippen LogP contribution in [0.3, 0.4) is 0 Å². The number of nitrogens with zero attached hydrogens (tertiary/aromatic N) is 3. The normalized spacial score (nSPS) is 11.2. The van der Waals surface area contributed by atoms with E-state index in [0.29, 0.717) is 0 Å². The summed E-state index contributed by atoms with van der Waals surface area (Å²) < 4.78 is 2.39. The number of aromatic nitrogens is 2. The lowest BCUT2D eigenvalue weighted by atomic mass is 10.0. The fourth-order valence-electron chi connectivity index (χ4n) is 7.10. The average molecular weight is 640 g/mol. The number of anilines is 3. The smallest absolute Gasteiger partial charge is 0.0562 e. The van der Waals surface area contributed by atoms with Gasteiger partial charge in [-0.25, -0.2) is 0 Å². The average Bonchev–Trinajstić information content (AvgIpc) is 3.55. The Labute approximate surface area is 292 Å². The number of para-hydroxylation sites is 1. The van der Waals surface area contributed by atoms with Gasteiger partial charge in [-0.1, -0.05) is 127 Å². The van der Waals surface area contributed by atoms with Gasteiger partial charge in [-0.05, 0) is 94.0 Å². The molecule has 50 heavy (non-hydrogen) atoms. The molecule has 3 nitrogen and oxygen atoms in total. The highest BCUT2D eigenvalue weighted by molar-refractivity contribution is 6.16. The van der Waals surface area contributed by atoms with Crippen molar-refractivity contribution in [2.75, 3.05) is 4.90 Å². The lowest BCUT2D eigenvalue weighted by molar-refractivity contribution is 1.18. The monoisotopic (exact) mass is 639 g/mol. The maximum absolute atomic E-state index is 4.32. The molecule has 0 aliphatic heterocycles. The fraction of sp³-hybridized carbons (Fsp3) is 0. The molecule has 0 spiro atoms. The van der Waals surface area contributed by atoms with Crippen LogP contribution in [0.1, 0.15) is 0 Å². The maximum atomic E-state index is 4.32. The Morgan fingerprint density at radius 3 is 1.48 bits per heavy atom. The van der Waals surface area contributed by atoms with E-state index in [1.165, 1.54) is 38.5 Å². The van der Waals surface area contributed by atoms with Crippen molar-refractivity contribution in [3.63, 3.8) is 0 Å². The Hall–Kier alpha value is -6.71. The molecule has 0 aliphatic carbocycles. The summed E-state index contributed by atoms with van der Waals surface area (Å²) in [7, 11) is 0. The Balaban J connectivity index is 1.22. The summed E-state index contributed by atoms with van der Waals surface area (Å²) in [4.78, 5) is 6.72. The second kappa shape index (κ2) is 12.7. The molecule has 2 heterocycles. The third-order valence-electron chi connectivity index (χ3n) is 9.50. The van der Waals surface area contributed by atoms with Gasteiger partial charge < -0.3 is 9.47 Å². The number of hydrogen-bond donors (Lipinski definition) is 0. The Morgan fingerprint density at radius 2 is 0.880 bits per heavy atom. The number of benzene rings is 7. The van der Waals surface area contributed by atoms with Crippen molar-refractivity contribution in [2.45, 2.75) is 0 Å². The molecule has 0 fully saturated rings. The Morgan fingerprint density at radius 1 is 0.380 bits per heavy atom. The van der Waals surface area contributed by atoms with Crippen LogP contribution in [0.5, 0.6) is 0 Å². The van der Waals surface area contributed by atoms with Gasteiger partial charge in [-0.3, -0.25) is 4.98 Å². The number of rotatable bonds is 7. The number of fused-ring (bicyclic) bond motifs is 3. The van der Waals surface area contributed by atoms with Gasteiger partial charge in [0.25, 0.3) is 0 Å². The van der Waals surface area contributed by atoms with Crippen LogP contribution in [0.15, 0.2) is 200 Å². The van der Waals surface area contributed by atoms with E-state index >= 15 is 0 Å². The molecule has 2 aromatic heterocycles. The topological polar surface area (TPSA) is 21.1 Å². The van der Waals surface area contributed by atoms with Gasteiger partial charge in [-0.2, -0.15) is 0 Å². The highest BCUT2D eigenvalue weighted by Gasteiger charge is 2.21. The van der Waals surface area contributed by atoms with Crippen molar-refractivity contribution in [1.82, 2.24) is 9.55 Å². The quantitative estimate of drug-likeness (QED) is 0.173. The molecule has 0 aliphatic rings. The van der Waals surface area contributed by atoms with Gasteiger partial charge in [0.2, 0.25) is 0 Å². The molecule has 7 aromatic carbocycles. The minimum absolute atomic E-state index is 1.10. The van der Waals surface area contributed by atoms with Crippen LogP contribution in [-0.2, 0) is 0 Å². The van der Waals surface area contributed by atoms with Gasteiger partial charge >= 0.3 is 0 Å². The van der Waals surface area contributed by atoms with Crippen molar-refractivity contribution in [3.05, 3.63) is 200 Å². The largest absolute Gasteiger partial charge is 0.310 e. The zero-order valence-electron chi connectivity index (χ0n) is 27.4. The first-order valence-electron chi connectivity index (χ1n) is 17.0. The number of pyridine rings is 1. The van der Waals surface area contributed by atoms with Crippen LogP contribution in [0.4, 0.5) is 17.1 Å². The summed E-state index contributed by atoms with van der Waals surface area (Å²) in [5.41, 5.74) is 13.8. The molecule has 0 radical (unpaired) electrons. The molecule has 9 rings (SSSR count). The van der Waals surface area contributed by atoms with Crippen molar-refractivity contribution < 1.29 is 0 Å². The zero-order chi connectivity index (χ0) is 33.3. The first-order valence-corrected chi connectivity index (χ1v) is 17.0. The molecule has 236 valence electrons. The summed E-state index contributed by atoms with van der Waals surface area (Å²) in [6.45, 7) is 0. The van der Waals surface area contributed by atoms with Crippen molar-refractivity contribution in [3.8, 4) is 39.1 Å². The zero-order valence-corrected chi connectivity index (χ0v) is 27.4. The summed E-state index contributed by atoms with van der Waals surface area (Å²) in [6, 6.07) is 67.3. The minimum atomic E-state index is 1.10. The summed E-state index contributed by atoms with van der Waals surface area (Å²) in [5.74, 6) is 0. The van der Waals surface area contributed by atoms with E-state index in [4.69, 9.17) is 0 Å². The SMILES string of the molecule is c1ccc(-c2ccc(N(c3ccc(-c4ccccc4)cc3)c3cccc4c3c3ccccc3n4-c3ccc(-c4cccnc4)cc3)cc2)cc1. The van der Waals surface area contributed by atoms with Gasteiger partial charge in [0.1, 0.15) is 0 Å². The molecular formula is C47H33N3. The first-order chi connectivity index (χ1) is 24.8. The van der Waals surface area contributed by atoms with Gasteiger partial charge in [0, 0.05) is 40.2 Å². The third-order valence-corrected chi connectivity index (χ3v) is 9.50. The second-order valence-electron chi connectivity index (χ2n) is 12.5. The first kappa shape index (κ1) is 29.4. The lowest BCUT2D eigenvalue weighted by Gasteiger charge is -2.27. The summed E-state index contributed by atoms with van der Waals surface area (Å²) in [5, 5.41) is 2.42. The molecule has 0 saturated heterocycles. The molecule has 0 N–H and O–H groups in total. The predicted molar refractivity (Wildman–Crippen MR) is 210 cm³/mol. The van der Waals surface area contributed by atoms with Crippen molar-refractivity contribution in [1.29, 1.82) is 0 Å². The molecule has 3 heteroatoms. The fourth-order valence-corrected chi connectivity index (χ4v) is 7.10. The molecular weight excluding hydrogens is 607 g/mol. The van der Waals surface area contributed by atoms with Crippen LogP contribution in [0.2, 0.25) is 0 Å². The van der Waals surface area contributed by atoms with Crippen molar-refractivity contribution in [2.24, 2.45) is 0 Å². The van der Waals surface area contributed by atoms with E-state index in [1.54, 1.807) is 0 Å². The van der Waals surface area contributed by atoms with E-state index in [1.807, 2.05) is 18.5 Å². The maximum Gasteiger partial charge on any atom is 0.0562 e. The minimum Gasteiger partial charge on any atom is -0.310 e. The Kier molecular flexibility index (Phi) is 7.49. The van der Waals surface area contributed by atoms with Crippen LogP contribution < -0.4 is 4.90 Å². The second-order valence-corrected chi connectivity index (χ2v) is 12.5. The van der Waals surface area contributed by atoms with Gasteiger partial charge in [-0.15, -0.1) is 0 Å². The molecule has 0 unspecified atom stereocenters. The highest BCUT2D eigenvalue weighted by atomic mass is 15.1. The summed E-state index contributed by atoms with van der Waals surface area (Å²) in [6.07, 6.45) is 3.72. The van der Waals surface area contributed by atoms with Gasteiger partial charge in [0.05, 0.1) is 16.7 Å². The van der Waals surface area contributed by atoms with E-state index in [9.17, 15) is 0 Å². The summed E-state index contributed by atoms with van der Waals surface area (Å²) >= 11 is 0. The van der Waals surface area contributed by atoms with Crippen LogP contribution in [-0.4, -0.2) is 9.55 Å². The molecule has 0 bridgehead atoms. The van der Waals surface area contributed by atoms with Crippen LogP contribution >= 0.6 is 0 Å². The van der Waals surface area contributed by atoms with Crippen molar-refractivity contribution >= 4 is 38.9 Å². The third kappa shape index (κ3) is 5.32. The van der Waals surface area contributed by atoms with E-state index in [2.05, 4.69) is 196 Å². The lowest BCUT2D eigenvalue weighted by Crippen LogP contribution is -2.10. The van der Waals surface area contributed by atoms with E-state index in [0.717, 1.165) is 39.4 Å². The Bertz CT molecular complexity index is 2450. The molecule has 0 saturated carbocycles. The highest BCUT2D eigenvalue weighted by Crippen LogP contribution is 2.44. The van der Waals surface area contributed by atoms with Gasteiger partial charge in [0.15, 0.2) is 0 Å². The predicted octanol–water partition coefficient (Wildman–Crippen LogP) is 12.6. The standard InChI is InChI=1S/C47H33N3/c1-3-11-34(12-4-1)36-20-26-40(27-21-36)49(41-28-22-37(23-29-41)35-13-5-2-6-14-35)45-18-9-19-46-47(45)43-16-7-8-17-44(43)50(46)42-30-24-38(25-31-42)39-15-10-32-48-33-39/h1-33H. The number of hydrogen-bond acceptors (Lipinski definition) is 2. The molecule has 9 aromatic rings. The molecule has 0 amide bonds. The van der Waals surface area contributed by atoms with E-state index < -0.39 is 0 Å². The van der Waals surface area contributed by atoms with E-state index in [-0.39, 0.29) is 0 Å². The van der Waals surface area contributed by atoms with Crippen LogP contribution in [0.25, 0.3) is 60.9 Å². The van der Waals surface area contributed by atoms with Crippen LogP contribution in [0, 0.1) is 0 Å².